The van der Waals surface area contributed by atoms with E-state index in [2.05, 4.69) is 11.8 Å². The third kappa shape index (κ3) is 3.16. The van der Waals surface area contributed by atoms with Gasteiger partial charge in [0.05, 0.1) is 4.90 Å². The molecule has 0 saturated carbocycles. The van der Waals surface area contributed by atoms with Crippen molar-refractivity contribution in [3.05, 3.63) is 30.3 Å². The molecular weight excluding hydrogens is 260 g/mol. The highest BCUT2D eigenvalue weighted by Gasteiger charge is 2.28. The molecule has 0 bridgehead atoms. The predicted octanol–water partition coefficient (Wildman–Crippen LogP) is 1.79. The number of likely N-dealkylation sites (N-methyl/N-ethyl adjacent to an activating group) is 2. The first-order chi connectivity index (χ1) is 9.05. The average Bonchev–Trinajstić information content (AvgIpc) is 2.87. The van der Waals surface area contributed by atoms with Gasteiger partial charge in [-0.1, -0.05) is 25.1 Å². The molecule has 0 amide bonds. The summed E-state index contributed by atoms with van der Waals surface area (Å²) < 4.78 is 26.3. The fourth-order valence-electron chi connectivity index (χ4n) is 2.69. The summed E-state index contributed by atoms with van der Waals surface area (Å²) in [5, 5.41) is 0. The van der Waals surface area contributed by atoms with Gasteiger partial charge in [-0.2, -0.15) is 4.31 Å². The first kappa shape index (κ1) is 14.5. The van der Waals surface area contributed by atoms with Gasteiger partial charge in [-0.25, -0.2) is 8.42 Å². The van der Waals surface area contributed by atoms with Crippen molar-refractivity contribution in [3.63, 3.8) is 0 Å². The van der Waals surface area contributed by atoms with Crippen LogP contribution in [0.15, 0.2) is 35.2 Å². The van der Waals surface area contributed by atoms with Gasteiger partial charge in [0.25, 0.3) is 0 Å². The Morgan fingerprint density at radius 2 is 2.00 bits per heavy atom. The minimum Gasteiger partial charge on any atom is -0.299 e. The molecular formula is C14H22N2O2S. The number of hydrogen-bond acceptors (Lipinski definition) is 3. The quantitative estimate of drug-likeness (QED) is 0.827. The number of rotatable bonds is 5. The van der Waals surface area contributed by atoms with Crippen LogP contribution < -0.4 is 0 Å². The molecule has 1 atom stereocenters. The summed E-state index contributed by atoms with van der Waals surface area (Å²) in [7, 11) is -1.68. The van der Waals surface area contributed by atoms with Gasteiger partial charge >= 0.3 is 0 Å². The van der Waals surface area contributed by atoms with E-state index in [4.69, 9.17) is 0 Å². The van der Waals surface area contributed by atoms with Gasteiger partial charge in [0.1, 0.15) is 0 Å². The van der Waals surface area contributed by atoms with E-state index in [9.17, 15) is 8.42 Å². The average molecular weight is 282 g/mol. The zero-order chi connectivity index (χ0) is 13.9. The third-order valence-electron chi connectivity index (χ3n) is 3.82. The molecule has 1 aromatic carbocycles. The van der Waals surface area contributed by atoms with E-state index in [1.165, 1.54) is 4.31 Å². The molecule has 0 N–H and O–H groups in total. The van der Waals surface area contributed by atoms with Gasteiger partial charge < -0.3 is 0 Å². The van der Waals surface area contributed by atoms with Gasteiger partial charge in [-0.05, 0) is 38.1 Å². The molecule has 1 fully saturated rings. The first-order valence-corrected chi connectivity index (χ1v) is 8.25. The van der Waals surface area contributed by atoms with E-state index < -0.39 is 10.0 Å². The van der Waals surface area contributed by atoms with Crippen molar-refractivity contribution in [2.24, 2.45) is 0 Å². The molecule has 19 heavy (non-hydrogen) atoms. The molecule has 2 rings (SSSR count). The maximum atomic E-state index is 12.4. The summed E-state index contributed by atoms with van der Waals surface area (Å²) in [4.78, 5) is 2.73. The normalized spacial score (nSPS) is 21.1. The third-order valence-corrected chi connectivity index (χ3v) is 5.66. The molecule has 0 radical (unpaired) electrons. The Hall–Kier alpha value is -0.910. The summed E-state index contributed by atoms with van der Waals surface area (Å²) in [6.07, 6.45) is 2.25. The standard InChI is InChI=1S/C14H22N2O2S/c1-3-16-11-7-8-13(16)12-15(2)19(17,18)14-9-5-4-6-10-14/h4-6,9-10,13H,3,7-8,11-12H2,1-2H3. The Balaban J connectivity index is 2.09. The highest BCUT2D eigenvalue weighted by atomic mass is 32.2. The Morgan fingerprint density at radius 1 is 1.32 bits per heavy atom. The molecule has 0 aliphatic carbocycles. The lowest BCUT2D eigenvalue weighted by Gasteiger charge is -2.27. The molecule has 1 unspecified atom stereocenters. The van der Waals surface area contributed by atoms with E-state index in [-0.39, 0.29) is 0 Å². The van der Waals surface area contributed by atoms with Crippen LogP contribution >= 0.6 is 0 Å². The van der Waals surface area contributed by atoms with Crippen LogP contribution in [0.25, 0.3) is 0 Å². The van der Waals surface area contributed by atoms with Crippen LogP contribution in [-0.4, -0.2) is 50.3 Å². The van der Waals surface area contributed by atoms with Gasteiger partial charge in [0.2, 0.25) is 10.0 Å². The zero-order valence-electron chi connectivity index (χ0n) is 11.6. The highest BCUT2D eigenvalue weighted by Crippen LogP contribution is 2.20. The van der Waals surface area contributed by atoms with Crippen LogP contribution in [0.2, 0.25) is 0 Å². The maximum absolute atomic E-state index is 12.4. The fraction of sp³-hybridized carbons (Fsp3) is 0.571. The van der Waals surface area contributed by atoms with Gasteiger partial charge in [-0.3, -0.25) is 4.90 Å². The SMILES string of the molecule is CCN1CCCC1CN(C)S(=O)(=O)c1ccccc1. The second-order valence-electron chi connectivity index (χ2n) is 5.02. The fourth-order valence-corrected chi connectivity index (χ4v) is 3.91. The lowest BCUT2D eigenvalue weighted by Crippen LogP contribution is -2.41. The van der Waals surface area contributed by atoms with E-state index in [1.807, 2.05) is 6.07 Å². The van der Waals surface area contributed by atoms with Crippen molar-refractivity contribution in [1.29, 1.82) is 0 Å². The Kier molecular flexibility index (Phi) is 4.60. The summed E-state index contributed by atoms with van der Waals surface area (Å²) in [5.41, 5.74) is 0. The van der Waals surface area contributed by atoms with E-state index in [0.29, 0.717) is 17.5 Å². The summed E-state index contributed by atoms with van der Waals surface area (Å²) in [5.74, 6) is 0. The predicted molar refractivity (Wildman–Crippen MR) is 76.5 cm³/mol. The lowest BCUT2D eigenvalue weighted by molar-refractivity contribution is 0.237. The van der Waals surface area contributed by atoms with Crippen LogP contribution in [0, 0.1) is 0 Å². The maximum Gasteiger partial charge on any atom is 0.242 e. The van der Waals surface area contributed by atoms with Crippen LogP contribution in [0.1, 0.15) is 19.8 Å². The minimum absolute atomic E-state index is 0.355. The monoisotopic (exact) mass is 282 g/mol. The smallest absolute Gasteiger partial charge is 0.242 e. The molecule has 1 aliphatic rings. The molecule has 106 valence electrons. The van der Waals surface area contributed by atoms with Crippen LogP contribution in [-0.2, 0) is 10.0 Å². The molecule has 0 aromatic heterocycles. The number of hydrogen-bond donors (Lipinski definition) is 0. The van der Waals surface area contributed by atoms with Gasteiger partial charge in [0, 0.05) is 19.6 Å². The molecule has 1 heterocycles. The molecule has 0 spiro atoms. The highest BCUT2D eigenvalue weighted by molar-refractivity contribution is 7.89. The Morgan fingerprint density at radius 3 is 2.63 bits per heavy atom. The van der Waals surface area contributed by atoms with Crippen molar-refractivity contribution in [3.8, 4) is 0 Å². The second kappa shape index (κ2) is 6.03. The van der Waals surface area contributed by atoms with E-state index >= 15 is 0 Å². The topological polar surface area (TPSA) is 40.6 Å². The van der Waals surface area contributed by atoms with Crippen molar-refractivity contribution in [2.45, 2.75) is 30.7 Å². The Labute approximate surface area is 116 Å². The molecule has 5 heteroatoms. The number of likely N-dealkylation sites (tertiary alicyclic amines) is 1. The van der Waals surface area contributed by atoms with Crippen LogP contribution in [0.5, 0.6) is 0 Å². The molecule has 1 aromatic rings. The molecule has 4 nitrogen and oxygen atoms in total. The summed E-state index contributed by atoms with van der Waals surface area (Å²) in [6, 6.07) is 9.00. The van der Waals surface area contributed by atoms with Crippen molar-refractivity contribution in [1.82, 2.24) is 9.21 Å². The van der Waals surface area contributed by atoms with Crippen molar-refractivity contribution in [2.75, 3.05) is 26.7 Å². The van der Waals surface area contributed by atoms with E-state index in [0.717, 1.165) is 25.9 Å². The van der Waals surface area contributed by atoms with Gasteiger partial charge in [-0.15, -0.1) is 0 Å². The number of sulfonamides is 1. The second-order valence-corrected chi connectivity index (χ2v) is 7.07. The summed E-state index contributed by atoms with van der Waals surface area (Å²) >= 11 is 0. The van der Waals surface area contributed by atoms with Crippen LogP contribution in [0.3, 0.4) is 0 Å². The number of benzene rings is 1. The number of nitrogens with zero attached hydrogens (tertiary/aromatic N) is 2. The largest absolute Gasteiger partial charge is 0.299 e. The van der Waals surface area contributed by atoms with Crippen molar-refractivity contribution < 1.29 is 8.42 Å². The minimum atomic E-state index is -3.35. The van der Waals surface area contributed by atoms with Crippen LogP contribution in [0.4, 0.5) is 0 Å². The Bertz CT molecular complexity index is 501. The lowest BCUT2D eigenvalue weighted by atomic mass is 10.2. The summed E-state index contributed by atoms with van der Waals surface area (Å²) in [6.45, 7) is 4.78. The first-order valence-electron chi connectivity index (χ1n) is 6.81. The molecule has 1 aliphatic heterocycles. The van der Waals surface area contributed by atoms with E-state index in [1.54, 1.807) is 31.3 Å². The molecule has 1 saturated heterocycles. The van der Waals surface area contributed by atoms with Crippen molar-refractivity contribution >= 4 is 10.0 Å². The zero-order valence-corrected chi connectivity index (χ0v) is 12.4. The van der Waals surface area contributed by atoms with Gasteiger partial charge in [0.15, 0.2) is 0 Å².